The molecule has 158 valence electrons. The molecular weight excluding hydrogens is 424 g/mol. The highest BCUT2D eigenvalue weighted by atomic mass is 32.2. The molecule has 0 spiro atoms. The lowest BCUT2D eigenvalue weighted by Crippen LogP contribution is -2.16. The fourth-order valence-electron chi connectivity index (χ4n) is 2.86. The Balaban J connectivity index is 1.78. The molecular formula is C20H22N4O4S2. The lowest BCUT2D eigenvalue weighted by molar-refractivity contribution is -0.113. The maximum absolute atomic E-state index is 12.5. The van der Waals surface area contributed by atoms with Crippen LogP contribution in [-0.4, -0.2) is 46.6 Å². The maximum Gasteiger partial charge on any atom is 0.341 e. The molecule has 8 nitrogen and oxygen atoms in total. The van der Waals surface area contributed by atoms with Crippen molar-refractivity contribution in [2.75, 3.05) is 25.3 Å². The summed E-state index contributed by atoms with van der Waals surface area (Å²) in [5, 5.41) is 13.9. The number of thioether (sulfide) groups is 1. The number of aryl methyl sites for hydroxylation is 1. The quantitative estimate of drug-likeness (QED) is 0.415. The average Bonchev–Trinajstić information content (AvgIpc) is 3.34. The summed E-state index contributed by atoms with van der Waals surface area (Å²) >= 11 is 2.58. The zero-order valence-electron chi connectivity index (χ0n) is 17.1. The monoisotopic (exact) mass is 446 g/mol. The van der Waals surface area contributed by atoms with E-state index in [1.165, 1.54) is 30.2 Å². The highest BCUT2D eigenvalue weighted by Crippen LogP contribution is 2.37. The number of thiophene rings is 1. The molecule has 10 heteroatoms. The summed E-state index contributed by atoms with van der Waals surface area (Å²) in [4.78, 5) is 25.0. The van der Waals surface area contributed by atoms with Gasteiger partial charge >= 0.3 is 5.97 Å². The third-order valence-electron chi connectivity index (χ3n) is 4.38. The fourth-order valence-corrected chi connectivity index (χ4v) is 4.68. The molecule has 0 unspecified atom stereocenters. The number of amides is 1. The molecule has 0 saturated carbocycles. The molecule has 0 aliphatic heterocycles. The Morgan fingerprint density at radius 1 is 1.20 bits per heavy atom. The van der Waals surface area contributed by atoms with E-state index in [-0.39, 0.29) is 11.7 Å². The lowest BCUT2D eigenvalue weighted by atomic mass is 10.0. The number of nitrogens with one attached hydrogen (secondary N) is 1. The van der Waals surface area contributed by atoms with Crippen molar-refractivity contribution < 1.29 is 19.1 Å². The van der Waals surface area contributed by atoms with Gasteiger partial charge in [-0.2, -0.15) is 0 Å². The number of esters is 1. The first kappa shape index (κ1) is 21.8. The van der Waals surface area contributed by atoms with Gasteiger partial charge in [-0.25, -0.2) is 4.79 Å². The van der Waals surface area contributed by atoms with Crippen LogP contribution in [0.5, 0.6) is 5.75 Å². The first-order chi connectivity index (χ1) is 14.5. The molecule has 1 amide bonds. The number of nitrogens with zero attached hydrogens (tertiary/aromatic N) is 3. The summed E-state index contributed by atoms with van der Waals surface area (Å²) < 4.78 is 12.1. The molecule has 0 radical (unpaired) electrons. The van der Waals surface area contributed by atoms with Gasteiger partial charge in [-0.1, -0.05) is 23.9 Å². The molecule has 1 aromatic carbocycles. The number of rotatable bonds is 8. The average molecular weight is 447 g/mol. The van der Waals surface area contributed by atoms with Crippen LogP contribution in [0.25, 0.3) is 11.1 Å². The molecule has 2 aromatic heterocycles. The van der Waals surface area contributed by atoms with E-state index < -0.39 is 5.97 Å². The highest BCUT2D eigenvalue weighted by molar-refractivity contribution is 7.99. The van der Waals surface area contributed by atoms with Crippen molar-refractivity contribution in [2.45, 2.75) is 25.5 Å². The molecule has 30 heavy (non-hydrogen) atoms. The normalized spacial score (nSPS) is 10.7. The summed E-state index contributed by atoms with van der Waals surface area (Å²) in [6.07, 6.45) is 0. The molecule has 0 aliphatic rings. The number of hydrogen-bond donors (Lipinski definition) is 1. The van der Waals surface area contributed by atoms with Crippen molar-refractivity contribution in [3.63, 3.8) is 0 Å². The fraction of sp³-hybridized carbons (Fsp3) is 0.300. The van der Waals surface area contributed by atoms with Gasteiger partial charge in [-0.3, -0.25) is 4.79 Å². The van der Waals surface area contributed by atoms with Gasteiger partial charge in [-0.05, 0) is 31.5 Å². The Kier molecular flexibility index (Phi) is 7.11. The predicted octanol–water partition coefficient (Wildman–Crippen LogP) is 3.86. The van der Waals surface area contributed by atoms with Gasteiger partial charge in [0.25, 0.3) is 0 Å². The van der Waals surface area contributed by atoms with Crippen LogP contribution in [0.4, 0.5) is 5.00 Å². The van der Waals surface area contributed by atoms with Gasteiger partial charge in [0.05, 0.1) is 20.0 Å². The van der Waals surface area contributed by atoms with Crippen LogP contribution in [0, 0.1) is 6.92 Å². The van der Waals surface area contributed by atoms with Crippen LogP contribution < -0.4 is 10.1 Å². The topological polar surface area (TPSA) is 95.3 Å². The second-order valence-electron chi connectivity index (χ2n) is 6.18. The van der Waals surface area contributed by atoms with Crippen molar-refractivity contribution in [3.8, 4) is 16.9 Å². The minimum Gasteiger partial charge on any atom is -0.497 e. The number of methoxy groups -OCH3 is 2. The van der Waals surface area contributed by atoms with Gasteiger partial charge in [0.15, 0.2) is 5.16 Å². The van der Waals surface area contributed by atoms with Crippen molar-refractivity contribution in [2.24, 2.45) is 0 Å². The molecule has 0 bridgehead atoms. The predicted molar refractivity (Wildman–Crippen MR) is 117 cm³/mol. The second kappa shape index (κ2) is 9.77. The molecule has 0 aliphatic carbocycles. The first-order valence-electron chi connectivity index (χ1n) is 9.15. The van der Waals surface area contributed by atoms with Crippen LogP contribution in [0.1, 0.15) is 23.1 Å². The second-order valence-corrected chi connectivity index (χ2v) is 8.01. The van der Waals surface area contributed by atoms with E-state index in [0.717, 1.165) is 17.9 Å². The van der Waals surface area contributed by atoms with Gasteiger partial charge < -0.3 is 19.4 Å². The van der Waals surface area contributed by atoms with Gasteiger partial charge in [0, 0.05) is 17.5 Å². The lowest BCUT2D eigenvalue weighted by Gasteiger charge is -2.08. The number of ether oxygens (including phenoxy) is 2. The SMILES string of the molecule is CCn1c(C)nnc1SCC(=O)Nc1scc(-c2ccc(OC)cc2)c1C(=O)OC. The van der Waals surface area contributed by atoms with Crippen molar-refractivity contribution in [1.82, 2.24) is 14.8 Å². The minimum absolute atomic E-state index is 0.147. The number of carbonyl (C=O) groups is 2. The van der Waals surface area contributed by atoms with E-state index in [2.05, 4.69) is 15.5 Å². The van der Waals surface area contributed by atoms with E-state index in [9.17, 15) is 9.59 Å². The van der Waals surface area contributed by atoms with E-state index in [4.69, 9.17) is 9.47 Å². The number of carbonyl (C=O) groups excluding carboxylic acids is 2. The maximum atomic E-state index is 12.5. The highest BCUT2D eigenvalue weighted by Gasteiger charge is 2.22. The largest absolute Gasteiger partial charge is 0.497 e. The van der Waals surface area contributed by atoms with E-state index in [1.54, 1.807) is 7.11 Å². The Morgan fingerprint density at radius 2 is 1.93 bits per heavy atom. The molecule has 1 N–H and O–H groups in total. The summed E-state index contributed by atoms with van der Waals surface area (Å²) in [6, 6.07) is 7.34. The molecule has 2 heterocycles. The summed E-state index contributed by atoms with van der Waals surface area (Å²) in [6.45, 7) is 4.59. The van der Waals surface area contributed by atoms with Crippen LogP contribution in [0.3, 0.4) is 0 Å². The number of hydrogen-bond acceptors (Lipinski definition) is 8. The number of aromatic nitrogens is 3. The Bertz CT molecular complexity index is 1040. The van der Waals surface area contributed by atoms with Gasteiger partial charge in [0.2, 0.25) is 5.91 Å². The van der Waals surface area contributed by atoms with E-state index in [1.807, 2.05) is 48.1 Å². The summed E-state index contributed by atoms with van der Waals surface area (Å²) in [5.74, 6) is 0.919. The summed E-state index contributed by atoms with van der Waals surface area (Å²) in [5.41, 5.74) is 1.85. The standard InChI is InChI=1S/C20H22N4O4S2/c1-5-24-12(2)22-23-20(24)30-11-16(25)21-18-17(19(26)28-4)15(10-29-18)13-6-8-14(27-3)9-7-13/h6-10H,5,11H2,1-4H3,(H,21,25). The Hall–Kier alpha value is -2.85. The number of anilines is 1. The first-order valence-corrected chi connectivity index (χ1v) is 11.0. The minimum atomic E-state index is -0.508. The van der Waals surface area contributed by atoms with Gasteiger partial charge in [-0.15, -0.1) is 21.5 Å². The molecule has 3 aromatic rings. The number of benzene rings is 1. The molecule has 3 rings (SSSR count). The van der Waals surface area contributed by atoms with Crippen LogP contribution in [0.15, 0.2) is 34.8 Å². The molecule has 0 fully saturated rings. The zero-order chi connectivity index (χ0) is 21.7. The van der Waals surface area contributed by atoms with Gasteiger partial charge in [0.1, 0.15) is 22.1 Å². The van der Waals surface area contributed by atoms with Crippen LogP contribution in [-0.2, 0) is 16.1 Å². The smallest absolute Gasteiger partial charge is 0.341 e. The van der Waals surface area contributed by atoms with Crippen molar-refractivity contribution in [3.05, 3.63) is 41.0 Å². The van der Waals surface area contributed by atoms with E-state index in [0.29, 0.717) is 27.0 Å². The molecule has 0 atom stereocenters. The molecule has 0 saturated heterocycles. The zero-order valence-corrected chi connectivity index (χ0v) is 18.7. The van der Waals surface area contributed by atoms with Crippen LogP contribution in [0.2, 0.25) is 0 Å². The third-order valence-corrected chi connectivity index (χ3v) is 6.25. The Labute approximate surface area is 182 Å². The van der Waals surface area contributed by atoms with Crippen molar-refractivity contribution in [1.29, 1.82) is 0 Å². The summed E-state index contributed by atoms with van der Waals surface area (Å²) in [7, 11) is 2.91. The van der Waals surface area contributed by atoms with Crippen LogP contribution >= 0.6 is 23.1 Å². The van der Waals surface area contributed by atoms with E-state index >= 15 is 0 Å². The van der Waals surface area contributed by atoms with Crippen molar-refractivity contribution >= 4 is 40.0 Å². The third kappa shape index (κ3) is 4.65. The Morgan fingerprint density at radius 3 is 2.57 bits per heavy atom.